The zero-order valence-electron chi connectivity index (χ0n) is 10.6. The Balaban J connectivity index is 1.94. The predicted octanol–water partition coefficient (Wildman–Crippen LogP) is 3.56. The van der Waals surface area contributed by atoms with Crippen LogP contribution in [0.1, 0.15) is 19.4 Å². The molecular weight excluding hydrogens is 267 g/mol. The van der Waals surface area contributed by atoms with Crippen LogP contribution in [0.2, 0.25) is 0 Å². The molecule has 18 heavy (non-hydrogen) atoms. The predicted molar refractivity (Wildman–Crippen MR) is 77.9 cm³/mol. The average molecular weight is 284 g/mol. The van der Waals surface area contributed by atoms with E-state index in [2.05, 4.69) is 13.8 Å². The van der Waals surface area contributed by atoms with Crippen molar-refractivity contribution in [1.82, 2.24) is 0 Å². The summed E-state index contributed by atoms with van der Waals surface area (Å²) in [5.74, 6) is 0.907. The van der Waals surface area contributed by atoms with E-state index < -0.39 is 0 Å². The van der Waals surface area contributed by atoms with Crippen molar-refractivity contribution >= 4 is 29.3 Å². The first-order valence-electron chi connectivity index (χ1n) is 6.10. The maximum atomic E-state index is 12.8. The van der Waals surface area contributed by atoms with Crippen molar-refractivity contribution < 1.29 is 9.18 Å². The zero-order valence-corrected chi connectivity index (χ0v) is 12.2. The molecule has 1 heterocycles. The molecule has 0 saturated carbocycles. The quantitative estimate of drug-likeness (QED) is 0.845. The van der Waals surface area contributed by atoms with E-state index >= 15 is 0 Å². The second kappa shape index (κ2) is 6.11. The van der Waals surface area contributed by atoms with Crippen LogP contribution < -0.4 is 0 Å². The van der Waals surface area contributed by atoms with Gasteiger partial charge in [0.25, 0.3) is 0 Å². The van der Waals surface area contributed by atoms with E-state index in [4.69, 9.17) is 0 Å². The summed E-state index contributed by atoms with van der Waals surface area (Å²) in [6.07, 6.45) is 0.416. The van der Waals surface area contributed by atoms with Gasteiger partial charge in [-0.3, -0.25) is 4.79 Å². The van der Waals surface area contributed by atoms with Gasteiger partial charge in [-0.2, -0.15) is 11.8 Å². The summed E-state index contributed by atoms with van der Waals surface area (Å²) >= 11 is 3.65. The van der Waals surface area contributed by atoms with Crippen molar-refractivity contribution in [3.63, 3.8) is 0 Å². The molecule has 1 fully saturated rings. The first kappa shape index (κ1) is 13.9. The van der Waals surface area contributed by atoms with Crippen molar-refractivity contribution in [3.8, 4) is 0 Å². The summed E-state index contributed by atoms with van der Waals surface area (Å²) in [7, 11) is 0. The molecule has 3 unspecified atom stereocenters. The third-order valence-electron chi connectivity index (χ3n) is 3.20. The first-order valence-corrected chi connectivity index (χ1v) is 8.09. The van der Waals surface area contributed by atoms with Crippen LogP contribution in [-0.2, 0) is 11.2 Å². The molecule has 1 aromatic rings. The third-order valence-corrected chi connectivity index (χ3v) is 6.64. The number of halogens is 1. The second-order valence-corrected chi connectivity index (χ2v) is 7.63. The van der Waals surface area contributed by atoms with E-state index in [1.807, 2.05) is 11.8 Å². The largest absolute Gasteiger partial charge is 0.298 e. The maximum Gasteiger partial charge on any atom is 0.151 e. The third kappa shape index (κ3) is 3.51. The van der Waals surface area contributed by atoms with Crippen LogP contribution in [0.25, 0.3) is 0 Å². The summed E-state index contributed by atoms with van der Waals surface area (Å²) in [5.41, 5.74) is 0.901. The van der Waals surface area contributed by atoms with Gasteiger partial charge in [0, 0.05) is 22.7 Å². The molecule has 1 saturated heterocycles. The molecule has 0 bridgehead atoms. The molecule has 0 aromatic heterocycles. The molecule has 1 nitrogen and oxygen atoms in total. The van der Waals surface area contributed by atoms with Gasteiger partial charge in [-0.05, 0) is 17.7 Å². The van der Waals surface area contributed by atoms with Crippen molar-refractivity contribution in [3.05, 3.63) is 35.6 Å². The number of carbonyl (C=O) groups is 1. The van der Waals surface area contributed by atoms with Crippen molar-refractivity contribution in [1.29, 1.82) is 0 Å². The van der Waals surface area contributed by atoms with Gasteiger partial charge in [0.2, 0.25) is 0 Å². The van der Waals surface area contributed by atoms with Crippen molar-refractivity contribution in [2.45, 2.75) is 36.0 Å². The lowest BCUT2D eigenvalue weighted by molar-refractivity contribution is -0.117. The highest BCUT2D eigenvalue weighted by atomic mass is 32.2. The Morgan fingerprint density at radius 1 is 1.28 bits per heavy atom. The zero-order chi connectivity index (χ0) is 13.1. The Hall–Kier alpha value is -0.480. The van der Waals surface area contributed by atoms with Gasteiger partial charge < -0.3 is 0 Å². The molecule has 0 N–H and O–H groups in total. The number of thioether (sulfide) groups is 2. The Kier molecular flexibility index (Phi) is 4.73. The van der Waals surface area contributed by atoms with E-state index in [-0.39, 0.29) is 16.9 Å². The van der Waals surface area contributed by atoms with Crippen molar-refractivity contribution in [2.24, 2.45) is 0 Å². The van der Waals surface area contributed by atoms with E-state index in [9.17, 15) is 9.18 Å². The fraction of sp³-hybridized carbons (Fsp3) is 0.500. The Bertz CT molecular complexity index is 418. The number of hydrogen-bond donors (Lipinski definition) is 0. The summed E-state index contributed by atoms with van der Waals surface area (Å²) < 4.78 is 12.8. The van der Waals surface area contributed by atoms with Crippen LogP contribution in [-0.4, -0.2) is 27.3 Å². The highest BCUT2D eigenvalue weighted by molar-refractivity contribution is 8.08. The number of hydrogen-bond acceptors (Lipinski definition) is 3. The minimum Gasteiger partial charge on any atom is -0.298 e. The van der Waals surface area contributed by atoms with Gasteiger partial charge in [-0.15, -0.1) is 11.8 Å². The number of rotatable bonds is 3. The molecule has 1 aromatic carbocycles. The van der Waals surface area contributed by atoms with Gasteiger partial charge >= 0.3 is 0 Å². The lowest BCUT2D eigenvalue weighted by Gasteiger charge is -2.30. The molecule has 3 atom stereocenters. The summed E-state index contributed by atoms with van der Waals surface area (Å²) in [5, 5.41) is 1.22. The van der Waals surface area contributed by atoms with Crippen LogP contribution in [0.4, 0.5) is 4.39 Å². The van der Waals surface area contributed by atoms with E-state index in [1.165, 1.54) is 12.1 Å². The minimum atomic E-state index is -0.253. The molecule has 1 aliphatic rings. The number of carbonyl (C=O) groups excluding carboxylic acids is 1. The monoisotopic (exact) mass is 284 g/mol. The molecule has 2 rings (SSSR count). The minimum absolute atomic E-state index is 0.0891. The molecule has 4 heteroatoms. The van der Waals surface area contributed by atoms with Gasteiger partial charge in [-0.25, -0.2) is 4.39 Å². The SMILES string of the molecule is CC1SCC(C(=O)Cc2ccc(F)cc2)SC1C. The highest BCUT2D eigenvalue weighted by Crippen LogP contribution is 2.36. The molecule has 0 spiro atoms. The van der Waals surface area contributed by atoms with Gasteiger partial charge in [0.05, 0.1) is 5.25 Å². The Labute approximate surface area is 116 Å². The van der Waals surface area contributed by atoms with Gasteiger partial charge in [-0.1, -0.05) is 26.0 Å². The summed E-state index contributed by atoms with van der Waals surface area (Å²) in [6, 6.07) is 6.21. The van der Waals surface area contributed by atoms with E-state index in [0.29, 0.717) is 16.9 Å². The summed E-state index contributed by atoms with van der Waals surface area (Å²) in [6.45, 7) is 4.39. The second-order valence-electron chi connectivity index (χ2n) is 4.64. The molecule has 0 amide bonds. The average Bonchev–Trinajstić information content (AvgIpc) is 2.35. The normalized spacial score (nSPS) is 28.1. The fourth-order valence-corrected chi connectivity index (χ4v) is 4.76. The molecular formula is C14H17FOS2. The Morgan fingerprint density at radius 3 is 2.56 bits per heavy atom. The molecule has 1 aliphatic heterocycles. The van der Waals surface area contributed by atoms with Gasteiger partial charge in [0.15, 0.2) is 5.78 Å². The summed E-state index contributed by atoms with van der Waals surface area (Å²) in [4.78, 5) is 12.2. The van der Waals surface area contributed by atoms with Crippen LogP contribution in [0.15, 0.2) is 24.3 Å². The lowest BCUT2D eigenvalue weighted by Crippen LogP contribution is -2.32. The maximum absolute atomic E-state index is 12.8. The smallest absolute Gasteiger partial charge is 0.151 e. The first-order chi connectivity index (χ1) is 8.56. The number of Topliss-reactive ketones (excluding diaryl/α,β-unsaturated/α-hetero) is 1. The number of ketones is 1. The molecule has 0 aliphatic carbocycles. The van der Waals surface area contributed by atoms with Crippen LogP contribution in [0.3, 0.4) is 0 Å². The topological polar surface area (TPSA) is 17.1 Å². The van der Waals surface area contributed by atoms with Crippen LogP contribution in [0, 0.1) is 5.82 Å². The number of benzene rings is 1. The standard InChI is InChI=1S/C14H17FOS2/c1-9-10(2)18-14(8-17-9)13(16)7-11-3-5-12(15)6-4-11/h3-6,9-10,14H,7-8H2,1-2H3. The lowest BCUT2D eigenvalue weighted by atomic mass is 10.1. The van der Waals surface area contributed by atoms with Crippen LogP contribution >= 0.6 is 23.5 Å². The molecule has 0 radical (unpaired) electrons. The van der Waals surface area contributed by atoms with Crippen LogP contribution in [0.5, 0.6) is 0 Å². The Morgan fingerprint density at radius 2 is 1.94 bits per heavy atom. The molecule has 98 valence electrons. The van der Waals surface area contributed by atoms with Crippen molar-refractivity contribution in [2.75, 3.05) is 5.75 Å². The highest BCUT2D eigenvalue weighted by Gasteiger charge is 2.29. The fourth-order valence-electron chi connectivity index (χ4n) is 1.87. The van der Waals surface area contributed by atoms with E-state index in [1.54, 1.807) is 23.9 Å². The van der Waals surface area contributed by atoms with E-state index in [0.717, 1.165) is 11.3 Å². The van der Waals surface area contributed by atoms with Gasteiger partial charge in [0.1, 0.15) is 5.82 Å².